The molecule has 1 aliphatic carbocycles. The van der Waals surface area contributed by atoms with Gasteiger partial charge in [-0.05, 0) is 48.1 Å². The van der Waals surface area contributed by atoms with Gasteiger partial charge in [-0.3, -0.25) is 14.4 Å². The molecule has 0 bridgehead atoms. The third kappa shape index (κ3) is 5.68. The first-order valence-electron chi connectivity index (χ1n) is 14.1. The van der Waals surface area contributed by atoms with Crippen LogP contribution in [-0.2, 0) is 15.8 Å². The van der Waals surface area contributed by atoms with Gasteiger partial charge >= 0.3 is 6.18 Å². The van der Waals surface area contributed by atoms with Crippen LogP contribution < -0.4 is 10.6 Å². The number of fused-ring (bicyclic) bond motifs is 1. The number of halogens is 3. The number of benzene rings is 1. The lowest BCUT2D eigenvalue weighted by atomic mass is 9.76. The van der Waals surface area contributed by atoms with Crippen molar-refractivity contribution in [3.8, 4) is 11.8 Å². The van der Waals surface area contributed by atoms with E-state index in [1.54, 1.807) is 0 Å². The molecule has 1 saturated heterocycles. The number of nitrogens with one attached hydrogen (secondary N) is 2. The van der Waals surface area contributed by atoms with Crippen molar-refractivity contribution < 1.29 is 27.6 Å². The molecule has 43 heavy (non-hydrogen) atoms. The van der Waals surface area contributed by atoms with Gasteiger partial charge in [-0.2, -0.15) is 23.5 Å². The SMILES string of the molecule is CC1CC=CC2=C1NC(=O)[C@]21C[C@@H](C#N)N(C(=O)[C@H](CC(C)(C)C)NC(=O)c2cnn(-c3ccc(C(F)(F)F)cc3)c2)C1. The third-order valence-corrected chi connectivity index (χ3v) is 8.27. The Balaban J connectivity index is 1.37. The van der Waals surface area contributed by atoms with Gasteiger partial charge in [-0.15, -0.1) is 0 Å². The smallest absolute Gasteiger partial charge is 0.340 e. The van der Waals surface area contributed by atoms with E-state index in [1.165, 1.54) is 34.1 Å². The lowest BCUT2D eigenvalue weighted by Gasteiger charge is -2.31. The second kappa shape index (κ2) is 10.7. The van der Waals surface area contributed by atoms with Gasteiger partial charge in [-0.25, -0.2) is 4.68 Å². The molecule has 0 saturated carbocycles. The summed E-state index contributed by atoms with van der Waals surface area (Å²) in [5, 5.41) is 19.9. The number of alkyl halides is 3. The topological polar surface area (TPSA) is 120 Å². The van der Waals surface area contributed by atoms with E-state index >= 15 is 0 Å². The molecule has 3 heterocycles. The molecule has 1 unspecified atom stereocenters. The number of rotatable bonds is 5. The van der Waals surface area contributed by atoms with E-state index in [-0.39, 0.29) is 42.2 Å². The number of nitriles is 1. The molecule has 4 atom stereocenters. The Morgan fingerprint density at radius 3 is 2.56 bits per heavy atom. The second-order valence-electron chi connectivity index (χ2n) is 12.7. The molecule has 2 aliphatic heterocycles. The Kier molecular flexibility index (Phi) is 7.48. The number of carbonyl (C=O) groups is 3. The number of amides is 3. The highest BCUT2D eigenvalue weighted by molar-refractivity contribution is 5.98. The molecule has 1 aromatic heterocycles. The molecule has 5 rings (SSSR count). The van der Waals surface area contributed by atoms with E-state index in [0.29, 0.717) is 5.69 Å². The van der Waals surface area contributed by atoms with Crippen LogP contribution in [0.3, 0.4) is 0 Å². The van der Waals surface area contributed by atoms with Gasteiger partial charge in [0.05, 0.1) is 34.5 Å². The number of hydrogen-bond donors (Lipinski definition) is 2. The molecule has 2 N–H and O–H groups in total. The van der Waals surface area contributed by atoms with Crippen LogP contribution in [0, 0.1) is 28.1 Å². The summed E-state index contributed by atoms with van der Waals surface area (Å²) in [6.45, 7) is 7.81. The second-order valence-corrected chi connectivity index (χ2v) is 12.7. The fourth-order valence-electron chi connectivity index (χ4n) is 6.09. The van der Waals surface area contributed by atoms with Gasteiger partial charge < -0.3 is 15.5 Å². The summed E-state index contributed by atoms with van der Waals surface area (Å²) in [5.74, 6) is -1.17. The molecule has 0 radical (unpaired) electrons. The highest BCUT2D eigenvalue weighted by Crippen LogP contribution is 2.49. The summed E-state index contributed by atoms with van der Waals surface area (Å²) >= 11 is 0. The van der Waals surface area contributed by atoms with Gasteiger partial charge in [0.2, 0.25) is 11.8 Å². The Bertz CT molecular complexity index is 1560. The van der Waals surface area contributed by atoms with Crippen molar-refractivity contribution in [3.05, 3.63) is 71.2 Å². The van der Waals surface area contributed by atoms with E-state index in [4.69, 9.17) is 0 Å². The summed E-state index contributed by atoms with van der Waals surface area (Å²) in [4.78, 5) is 42.1. The monoisotopic (exact) mass is 594 g/mol. The minimum atomic E-state index is -4.48. The Hall–Kier alpha value is -4.40. The number of likely N-dealkylation sites (tertiary alicyclic amines) is 1. The molecule has 1 spiro atoms. The van der Waals surface area contributed by atoms with E-state index in [0.717, 1.165) is 29.8 Å². The minimum Gasteiger partial charge on any atom is -0.340 e. The standard InChI is InChI=1S/C31H33F3N6O3/c1-18-6-5-7-23-25(18)38-28(43)30(23)12-22(14-35)39(17-30)27(42)24(13-29(2,3)4)37-26(41)19-15-36-40(16-19)21-10-8-20(9-11-21)31(32,33)34/h5,7-11,15-16,18,22,24H,6,12-13,17H2,1-4H3,(H,37,41)(H,38,43)/t18?,22-,24-,30-/m0/s1. The first-order valence-corrected chi connectivity index (χ1v) is 14.1. The van der Waals surface area contributed by atoms with Crippen LogP contribution in [0.15, 0.2) is 60.1 Å². The maximum Gasteiger partial charge on any atom is 0.416 e. The zero-order valence-electron chi connectivity index (χ0n) is 24.3. The fourth-order valence-corrected chi connectivity index (χ4v) is 6.09. The molecule has 226 valence electrons. The van der Waals surface area contributed by atoms with Crippen LogP contribution in [0.5, 0.6) is 0 Å². The van der Waals surface area contributed by atoms with Gasteiger partial charge in [0, 0.05) is 30.8 Å². The Morgan fingerprint density at radius 1 is 1.23 bits per heavy atom. The van der Waals surface area contributed by atoms with Crippen LogP contribution in [-0.4, -0.2) is 51.0 Å². The van der Waals surface area contributed by atoms with Crippen molar-refractivity contribution in [2.45, 2.75) is 65.2 Å². The van der Waals surface area contributed by atoms with Crippen molar-refractivity contribution >= 4 is 17.7 Å². The molecule has 9 nitrogen and oxygen atoms in total. The fraction of sp³-hybridized carbons (Fsp3) is 0.452. The first kappa shape index (κ1) is 30.1. The normalized spacial score (nSPS) is 24.1. The maximum atomic E-state index is 14.1. The maximum absolute atomic E-state index is 14.1. The Morgan fingerprint density at radius 2 is 1.93 bits per heavy atom. The van der Waals surface area contributed by atoms with Crippen LogP contribution in [0.2, 0.25) is 0 Å². The van der Waals surface area contributed by atoms with Crippen molar-refractivity contribution in [1.82, 2.24) is 25.3 Å². The lowest BCUT2D eigenvalue weighted by molar-refractivity contribution is -0.137. The highest BCUT2D eigenvalue weighted by atomic mass is 19.4. The zero-order valence-corrected chi connectivity index (χ0v) is 24.3. The van der Waals surface area contributed by atoms with Crippen molar-refractivity contribution in [2.75, 3.05) is 6.54 Å². The van der Waals surface area contributed by atoms with Gasteiger partial charge in [0.25, 0.3) is 5.91 Å². The summed E-state index contributed by atoms with van der Waals surface area (Å²) in [7, 11) is 0. The van der Waals surface area contributed by atoms with Crippen LogP contribution in [0.4, 0.5) is 13.2 Å². The summed E-state index contributed by atoms with van der Waals surface area (Å²) < 4.78 is 40.1. The predicted molar refractivity (Wildman–Crippen MR) is 150 cm³/mol. The molecule has 1 fully saturated rings. The highest BCUT2D eigenvalue weighted by Gasteiger charge is 2.57. The minimum absolute atomic E-state index is 0.0220. The number of hydrogen-bond acceptors (Lipinski definition) is 5. The lowest BCUT2D eigenvalue weighted by Crippen LogP contribution is -2.52. The van der Waals surface area contributed by atoms with Crippen LogP contribution in [0.25, 0.3) is 5.69 Å². The van der Waals surface area contributed by atoms with E-state index in [2.05, 4.69) is 21.8 Å². The number of carbonyl (C=O) groups excluding carboxylic acids is 3. The number of allylic oxidation sites excluding steroid dienone is 3. The third-order valence-electron chi connectivity index (χ3n) is 8.27. The quantitative estimate of drug-likeness (QED) is 0.528. The van der Waals surface area contributed by atoms with Crippen molar-refractivity contribution in [2.24, 2.45) is 16.7 Å². The van der Waals surface area contributed by atoms with Crippen LogP contribution >= 0.6 is 0 Å². The number of aromatic nitrogens is 2. The summed E-state index contributed by atoms with van der Waals surface area (Å²) in [5.41, 5.74) is -0.145. The summed E-state index contributed by atoms with van der Waals surface area (Å²) in [6, 6.07) is 4.67. The molecular formula is C31H33F3N6O3. The van der Waals surface area contributed by atoms with Crippen molar-refractivity contribution in [1.29, 1.82) is 5.26 Å². The van der Waals surface area contributed by atoms with Crippen LogP contribution in [0.1, 0.15) is 62.9 Å². The molecule has 12 heteroatoms. The molecule has 3 amide bonds. The van der Waals surface area contributed by atoms with E-state index in [1.807, 2.05) is 39.8 Å². The first-order chi connectivity index (χ1) is 20.1. The predicted octanol–water partition coefficient (Wildman–Crippen LogP) is 4.52. The van der Waals surface area contributed by atoms with Gasteiger partial charge in [0.1, 0.15) is 12.1 Å². The molecule has 2 aromatic rings. The van der Waals surface area contributed by atoms with Crippen molar-refractivity contribution in [3.63, 3.8) is 0 Å². The molecule has 1 aromatic carbocycles. The molecule has 3 aliphatic rings. The average molecular weight is 595 g/mol. The molecular weight excluding hydrogens is 561 g/mol. The summed E-state index contributed by atoms with van der Waals surface area (Å²) in [6.07, 6.45) is 3.28. The zero-order chi connectivity index (χ0) is 31.3. The Labute approximate surface area is 247 Å². The van der Waals surface area contributed by atoms with E-state index < -0.39 is 41.1 Å². The van der Waals surface area contributed by atoms with Gasteiger partial charge in [0.15, 0.2) is 0 Å². The largest absolute Gasteiger partial charge is 0.416 e. The average Bonchev–Trinajstić information content (AvgIpc) is 3.65. The number of nitrogens with zero attached hydrogens (tertiary/aromatic N) is 4. The van der Waals surface area contributed by atoms with Gasteiger partial charge in [-0.1, -0.05) is 39.8 Å². The van der Waals surface area contributed by atoms with E-state index in [9.17, 15) is 32.8 Å².